The lowest BCUT2D eigenvalue weighted by atomic mass is 9.97. The molecule has 0 radical (unpaired) electrons. The van der Waals surface area contributed by atoms with E-state index in [1.165, 1.54) is 5.56 Å². The normalized spacial score (nSPS) is 15.0. The average molecular weight is 458 g/mol. The van der Waals surface area contributed by atoms with Gasteiger partial charge in [-0.1, -0.05) is 56.3 Å². The van der Waals surface area contributed by atoms with Gasteiger partial charge in [0.25, 0.3) is 0 Å². The maximum absolute atomic E-state index is 14.3. The van der Waals surface area contributed by atoms with Crippen LogP contribution in [0.2, 0.25) is 0 Å². The van der Waals surface area contributed by atoms with Crippen molar-refractivity contribution >= 4 is 11.7 Å². The molecule has 4 aromatic rings. The maximum atomic E-state index is 14.3. The van der Waals surface area contributed by atoms with E-state index in [1.807, 2.05) is 54.7 Å². The number of hydrogen-bond donors (Lipinski definition) is 1. The van der Waals surface area contributed by atoms with Crippen LogP contribution in [-0.2, 0) is 6.54 Å². The van der Waals surface area contributed by atoms with Crippen molar-refractivity contribution in [2.45, 2.75) is 32.4 Å². The van der Waals surface area contributed by atoms with Gasteiger partial charge in [-0.25, -0.2) is 13.6 Å². The van der Waals surface area contributed by atoms with Crippen LogP contribution >= 0.6 is 0 Å². The number of fused-ring (bicyclic) bond motifs is 3. The summed E-state index contributed by atoms with van der Waals surface area (Å²) in [4.78, 5) is 15.3. The van der Waals surface area contributed by atoms with Gasteiger partial charge >= 0.3 is 6.03 Å². The van der Waals surface area contributed by atoms with E-state index < -0.39 is 23.7 Å². The number of amides is 2. The molecule has 2 heterocycles. The van der Waals surface area contributed by atoms with Crippen LogP contribution in [-0.4, -0.2) is 15.5 Å². The third kappa shape index (κ3) is 3.96. The lowest BCUT2D eigenvalue weighted by molar-refractivity contribution is 0.194. The largest absolute Gasteiger partial charge is 0.323 e. The average Bonchev–Trinajstić information content (AvgIpc) is 3.25. The van der Waals surface area contributed by atoms with Crippen molar-refractivity contribution in [3.05, 3.63) is 119 Å². The monoisotopic (exact) mass is 457 g/mol. The summed E-state index contributed by atoms with van der Waals surface area (Å²) in [6.45, 7) is 4.57. The molecule has 172 valence electrons. The van der Waals surface area contributed by atoms with Gasteiger partial charge in [0.15, 0.2) is 0 Å². The Bertz CT molecular complexity index is 1340. The molecule has 6 heteroatoms. The Labute approximate surface area is 197 Å². The molecule has 0 unspecified atom stereocenters. The van der Waals surface area contributed by atoms with Crippen molar-refractivity contribution in [2.75, 3.05) is 5.32 Å². The van der Waals surface area contributed by atoms with Crippen LogP contribution in [0.1, 0.15) is 48.2 Å². The molecule has 0 aliphatic carbocycles. The van der Waals surface area contributed by atoms with E-state index >= 15 is 0 Å². The highest BCUT2D eigenvalue weighted by atomic mass is 19.1. The summed E-state index contributed by atoms with van der Waals surface area (Å²) < 4.78 is 30.2. The molecule has 1 aliphatic heterocycles. The second-order valence-corrected chi connectivity index (χ2v) is 8.84. The quantitative estimate of drug-likeness (QED) is 0.353. The molecule has 1 atom stereocenters. The van der Waals surface area contributed by atoms with Crippen LogP contribution in [0.5, 0.6) is 0 Å². The number of halogens is 2. The topological polar surface area (TPSA) is 37.3 Å². The highest BCUT2D eigenvalue weighted by Crippen LogP contribution is 2.37. The molecule has 4 nitrogen and oxygen atoms in total. The van der Waals surface area contributed by atoms with Crippen molar-refractivity contribution in [1.29, 1.82) is 0 Å². The minimum Gasteiger partial charge on any atom is -0.318 e. The minimum absolute atomic E-state index is 0.188. The summed E-state index contributed by atoms with van der Waals surface area (Å²) in [6.07, 6.45) is 1.98. The fourth-order valence-corrected chi connectivity index (χ4v) is 4.53. The van der Waals surface area contributed by atoms with Crippen LogP contribution in [0.15, 0.2) is 85.1 Å². The molecule has 3 aromatic carbocycles. The van der Waals surface area contributed by atoms with Gasteiger partial charge < -0.3 is 14.8 Å². The number of para-hydroxylation sites is 1. The molecule has 0 saturated carbocycles. The molecule has 0 saturated heterocycles. The highest BCUT2D eigenvalue weighted by Gasteiger charge is 2.33. The van der Waals surface area contributed by atoms with Gasteiger partial charge in [-0.2, -0.15) is 0 Å². The lowest BCUT2D eigenvalue weighted by Crippen LogP contribution is -2.38. The third-order valence-corrected chi connectivity index (χ3v) is 6.31. The predicted molar refractivity (Wildman–Crippen MR) is 129 cm³/mol. The molecule has 1 aliphatic rings. The number of carbonyl (C=O) groups excluding carboxylic acids is 1. The first-order valence-electron chi connectivity index (χ1n) is 11.3. The second kappa shape index (κ2) is 8.78. The zero-order valence-electron chi connectivity index (χ0n) is 19.0. The second-order valence-electron chi connectivity index (χ2n) is 8.84. The van der Waals surface area contributed by atoms with Gasteiger partial charge in [0.1, 0.15) is 11.6 Å². The van der Waals surface area contributed by atoms with E-state index in [2.05, 4.69) is 35.9 Å². The van der Waals surface area contributed by atoms with Crippen LogP contribution in [0.3, 0.4) is 0 Å². The standard InChI is InChI=1S/C28H25F2N3O/c1-18(2)19-9-11-20(12-10-19)27-26-8-5-15-32(26)25-7-4-3-6-21(25)17-33(27)28(34)31-24-16-22(29)13-14-23(24)30/h3-16,18,27H,17H2,1-2H3,(H,31,34)/t27-/m0/s1. The fourth-order valence-electron chi connectivity index (χ4n) is 4.53. The minimum atomic E-state index is -0.689. The molecular weight excluding hydrogens is 432 g/mol. The third-order valence-electron chi connectivity index (χ3n) is 6.31. The van der Waals surface area contributed by atoms with E-state index in [9.17, 15) is 13.6 Å². The highest BCUT2D eigenvalue weighted by molar-refractivity contribution is 5.90. The molecule has 2 amide bonds. The number of hydrogen-bond acceptors (Lipinski definition) is 1. The van der Waals surface area contributed by atoms with Crippen LogP contribution in [0, 0.1) is 11.6 Å². The van der Waals surface area contributed by atoms with E-state index in [-0.39, 0.29) is 5.69 Å². The fraction of sp³-hybridized carbons (Fsp3) is 0.179. The van der Waals surface area contributed by atoms with Gasteiger partial charge in [0.05, 0.1) is 24.0 Å². The van der Waals surface area contributed by atoms with Gasteiger partial charge in [0.2, 0.25) is 0 Å². The zero-order chi connectivity index (χ0) is 23.8. The number of aromatic nitrogens is 1. The zero-order valence-corrected chi connectivity index (χ0v) is 19.0. The lowest BCUT2D eigenvalue weighted by Gasteiger charge is -2.31. The van der Waals surface area contributed by atoms with Crippen molar-refractivity contribution in [2.24, 2.45) is 0 Å². The van der Waals surface area contributed by atoms with Gasteiger partial charge in [-0.15, -0.1) is 0 Å². The Morgan fingerprint density at radius 3 is 2.50 bits per heavy atom. The number of anilines is 1. The first kappa shape index (κ1) is 21.9. The Balaban J connectivity index is 1.62. The summed E-state index contributed by atoms with van der Waals surface area (Å²) in [5.41, 5.74) is 4.81. The summed E-state index contributed by atoms with van der Waals surface area (Å²) in [5, 5.41) is 2.59. The Morgan fingerprint density at radius 2 is 1.74 bits per heavy atom. The molecule has 5 rings (SSSR count). The van der Waals surface area contributed by atoms with Gasteiger partial charge in [0, 0.05) is 18.0 Å². The number of urea groups is 1. The maximum Gasteiger partial charge on any atom is 0.323 e. The number of rotatable bonds is 3. The van der Waals surface area contributed by atoms with E-state index in [1.54, 1.807) is 4.90 Å². The molecule has 1 N–H and O–H groups in total. The first-order valence-corrected chi connectivity index (χ1v) is 11.3. The molecule has 0 spiro atoms. The van der Waals surface area contributed by atoms with Crippen molar-refractivity contribution < 1.29 is 13.6 Å². The molecule has 0 bridgehead atoms. The van der Waals surface area contributed by atoms with E-state index in [0.29, 0.717) is 12.5 Å². The molecule has 0 fully saturated rings. The summed E-state index contributed by atoms with van der Waals surface area (Å²) >= 11 is 0. The molecule has 34 heavy (non-hydrogen) atoms. The SMILES string of the molecule is CC(C)c1ccc([C@H]2c3cccn3-c3ccccc3CN2C(=O)Nc2cc(F)ccc2F)cc1. The number of nitrogens with zero attached hydrogens (tertiary/aromatic N) is 2. The van der Waals surface area contributed by atoms with Crippen LogP contribution in [0.4, 0.5) is 19.3 Å². The van der Waals surface area contributed by atoms with Crippen LogP contribution < -0.4 is 5.32 Å². The Hall–Kier alpha value is -3.93. The Morgan fingerprint density at radius 1 is 0.971 bits per heavy atom. The first-order chi connectivity index (χ1) is 16.4. The van der Waals surface area contributed by atoms with Crippen LogP contribution in [0.25, 0.3) is 5.69 Å². The summed E-state index contributed by atoms with van der Waals surface area (Å²) in [7, 11) is 0. The van der Waals surface area contributed by atoms with E-state index in [4.69, 9.17) is 0 Å². The summed E-state index contributed by atoms with van der Waals surface area (Å²) in [5.74, 6) is -0.926. The van der Waals surface area contributed by atoms with Crippen molar-refractivity contribution in [1.82, 2.24) is 9.47 Å². The Kier molecular flexibility index (Phi) is 5.65. The van der Waals surface area contributed by atoms with Crippen molar-refractivity contribution in [3.8, 4) is 5.69 Å². The number of benzene rings is 3. The van der Waals surface area contributed by atoms with E-state index in [0.717, 1.165) is 40.7 Å². The predicted octanol–water partition coefficient (Wildman–Crippen LogP) is 7.02. The van der Waals surface area contributed by atoms with Gasteiger partial charge in [-0.3, -0.25) is 0 Å². The smallest absolute Gasteiger partial charge is 0.318 e. The number of carbonyl (C=O) groups is 1. The summed E-state index contributed by atoms with van der Waals surface area (Å²) in [6, 6.07) is 22.2. The molecular formula is C28H25F2N3O. The molecule has 1 aromatic heterocycles. The van der Waals surface area contributed by atoms with Gasteiger partial charge in [-0.05, 0) is 52.9 Å². The number of nitrogens with one attached hydrogen (secondary N) is 1. The van der Waals surface area contributed by atoms with Crippen molar-refractivity contribution in [3.63, 3.8) is 0 Å².